The van der Waals surface area contributed by atoms with Gasteiger partial charge in [0.1, 0.15) is 0 Å². The lowest BCUT2D eigenvalue weighted by molar-refractivity contribution is -0.151. The molecule has 0 aromatic carbocycles. The van der Waals surface area contributed by atoms with Gasteiger partial charge in [-0.3, -0.25) is 0 Å². The minimum Gasteiger partial charge on any atom is -0.435 e. The Morgan fingerprint density at radius 3 is 2.54 bits per heavy atom. The fourth-order valence-corrected chi connectivity index (χ4v) is 0.502. The summed E-state index contributed by atoms with van der Waals surface area (Å²) in [5.74, 6) is -0.494. The van der Waals surface area contributed by atoms with Crippen LogP contribution in [0.4, 0.5) is 0 Å². The van der Waals surface area contributed by atoms with Gasteiger partial charge in [-0.25, -0.2) is 4.79 Å². The monoisotopic (exact) mass is 186 g/mol. The highest BCUT2D eigenvalue weighted by Crippen LogP contribution is 1.83. The van der Waals surface area contributed by atoms with E-state index in [0.717, 1.165) is 6.08 Å². The summed E-state index contributed by atoms with van der Waals surface area (Å²) >= 11 is 0. The van der Waals surface area contributed by atoms with Crippen LogP contribution in [0.5, 0.6) is 0 Å². The Hall–Kier alpha value is -1.13. The summed E-state index contributed by atoms with van der Waals surface area (Å²) in [5.41, 5.74) is 0. The molecule has 0 fully saturated rings. The van der Waals surface area contributed by atoms with Crippen LogP contribution in [0.1, 0.15) is 0 Å². The van der Waals surface area contributed by atoms with Crippen molar-refractivity contribution in [2.45, 2.75) is 0 Å². The molecule has 0 aliphatic carbocycles. The van der Waals surface area contributed by atoms with Crippen LogP contribution in [0.25, 0.3) is 0 Å². The lowest BCUT2D eigenvalue weighted by Gasteiger charge is -2.03. The van der Waals surface area contributed by atoms with Crippen molar-refractivity contribution in [2.24, 2.45) is 0 Å². The molecule has 0 rings (SSSR count). The first-order valence-electron chi connectivity index (χ1n) is 3.87. The normalized spacial score (nSPS) is 9.23. The number of hydrogen-bond donors (Lipinski definition) is 0. The summed E-state index contributed by atoms with van der Waals surface area (Å²) < 4.78 is 14.5. The first-order valence-corrected chi connectivity index (χ1v) is 3.87. The lowest BCUT2D eigenvalue weighted by atomic mass is 10.7. The molecule has 0 aromatic rings. The largest absolute Gasteiger partial charge is 0.435 e. The van der Waals surface area contributed by atoms with Crippen molar-refractivity contribution in [2.75, 3.05) is 26.6 Å². The zero-order valence-electron chi connectivity index (χ0n) is 7.53. The van der Waals surface area contributed by atoms with Crippen LogP contribution in [0.3, 0.4) is 0 Å². The Labute approximate surface area is 77.8 Å². The SMILES string of the molecule is C=CCOCCOCOC(=O)C=C. The van der Waals surface area contributed by atoms with E-state index in [0.29, 0.717) is 19.8 Å². The molecule has 74 valence electrons. The summed E-state index contributed by atoms with van der Waals surface area (Å²) in [7, 11) is 0. The maximum atomic E-state index is 10.5. The van der Waals surface area contributed by atoms with Crippen molar-refractivity contribution in [3.8, 4) is 0 Å². The van der Waals surface area contributed by atoms with Crippen molar-refractivity contribution >= 4 is 5.97 Å². The average molecular weight is 186 g/mol. The minimum absolute atomic E-state index is 0.0672. The van der Waals surface area contributed by atoms with Crippen molar-refractivity contribution in [1.82, 2.24) is 0 Å². The zero-order valence-corrected chi connectivity index (χ0v) is 7.53. The summed E-state index contributed by atoms with van der Waals surface area (Å²) in [4.78, 5) is 10.5. The van der Waals surface area contributed by atoms with Gasteiger partial charge in [0.2, 0.25) is 0 Å². The predicted molar refractivity (Wildman–Crippen MR) is 48.1 cm³/mol. The van der Waals surface area contributed by atoms with Crippen LogP contribution in [-0.2, 0) is 19.0 Å². The molecule has 13 heavy (non-hydrogen) atoms. The smallest absolute Gasteiger partial charge is 0.332 e. The second-order valence-electron chi connectivity index (χ2n) is 2.06. The third-order valence-electron chi connectivity index (χ3n) is 1.06. The molecule has 4 heteroatoms. The van der Waals surface area contributed by atoms with E-state index in [9.17, 15) is 4.79 Å². The third-order valence-corrected chi connectivity index (χ3v) is 1.06. The average Bonchev–Trinajstić information content (AvgIpc) is 2.16. The van der Waals surface area contributed by atoms with Gasteiger partial charge in [0, 0.05) is 6.08 Å². The fraction of sp³-hybridized carbons (Fsp3) is 0.444. The molecule has 0 unspecified atom stereocenters. The van der Waals surface area contributed by atoms with Crippen LogP contribution in [0.15, 0.2) is 25.3 Å². The van der Waals surface area contributed by atoms with E-state index < -0.39 is 5.97 Å². The molecule has 0 aliphatic rings. The highest BCUT2D eigenvalue weighted by Gasteiger charge is 1.93. The van der Waals surface area contributed by atoms with Gasteiger partial charge < -0.3 is 14.2 Å². The van der Waals surface area contributed by atoms with E-state index >= 15 is 0 Å². The molecule has 0 aliphatic heterocycles. The van der Waals surface area contributed by atoms with Crippen LogP contribution in [0, 0.1) is 0 Å². The van der Waals surface area contributed by atoms with Gasteiger partial charge in [-0.2, -0.15) is 0 Å². The molecular formula is C9H14O4. The molecule has 0 aromatic heterocycles. The summed E-state index contributed by atoms with van der Waals surface area (Å²) in [5, 5.41) is 0. The van der Waals surface area contributed by atoms with Crippen molar-refractivity contribution < 1.29 is 19.0 Å². The molecule has 0 saturated carbocycles. The van der Waals surface area contributed by atoms with Crippen LogP contribution in [-0.4, -0.2) is 32.6 Å². The standard InChI is InChI=1S/C9H14O4/c1-3-5-11-6-7-12-8-13-9(10)4-2/h3-4H,1-2,5-8H2. The summed E-state index contributed by atoms with van der Waals surface area (Å²) in [6.07, 6.45) is 2.73. The van der Waals surface area contributed by atoms with Gasteiger partial charge in [0.25, 0.3) is 0 Å². The second kappa shape index (κ2) is 8.96. The number of esters is 1. The molecule has 0 atom stereocenters. The minimum atomic E-state index is -0.494. The van der Waals surface area contributed by atoms with Crippen molar-refractivity contribution in [3.05, 3.63) is 25.3 Å². The van der Waals surface area contributed by atoms with E-state index in [4.69, 9.17) is 9.47 Å². The topological polar surface area (TPSA) is 44.8 Å². The van der Waals surface area contributed by atoms with Crippen LogP contribution < -0.4 is 0 Å². The van der Waals surface area contributed by atoms with Gasteiger partial charge in [-0.15, -0.1) is 6.58 Å². The molecular weight excluding hydrogens is 172 g/mol. The number of carbonyl (C=O) groups is 1. The highest BCUT2D eigenvalue weighted by atomic mass is 16.7. The fourth-order valence-electron chi connectivity index (χ4n) is 0.502. The van der Waals surface area contributed by atoms with Gasteiger partial charge >= 0.3 is 5.97 Å². The number of carbonyl (C=O) groups excluding carboxylic acids is 1. The predicted octanol–water partition coefficient (Wildman–Crippen LogP) is 0.892. The summed E-state index contributed by atoms with van der Waals surface area (Å²) in [6.45, 7) is 7.99. The number of rotatable bonds is 8. The summed E-state index contributed by atoms with van der Waals surface area (Å²) in [6, 6.07) is 0. The Balaban J connectivity index is 3.03. The lowest BCUT2D eigenvalue weighted by Crippen LogP contribution is -2.09. The number of ether oxygens (including phenoxy) is 3. The Bertz CT molecular complexity index is 165. The van der Waals surface area contributed by atoms with Gasteiger partial charge in [-0.05, 0) is 0 Å². The maximum absolute atomic E-state index is 10.5. The molecule has 4 nitrogen and oxygen atoms in total. The number of hydrogen-bond acceptors (Lipinski definition) is 4. The Morgan fingerprint density at radius 2 is 1.92 bits per heavy atom. The highest BCUT2D eigenvalue weighted by molar-refractivity contribution is 5.81. The van der Waals surface area contributed by atoms with E-state index in [-0.39, 0.29) is 6.79 Å². The van der Waals surface area contributed by atoms with Gasteiger partial charge in [-0.1, -0.05) is 12.7 Å². The Kier molecular flexibility index (Phi) is 8.18. The Morgan fingerprint density at radius 1 is 1.23 bits per heavy atom. The molecule has 0 bridgehead atoms. The first-order chi connectivity index (χ1) is 6.31. The molecule has 0 spiro atoms. The maximum Gasteiger partial charge on any atom is 0.332 e. The third kappa shape index (κ3) is 8.78. The van der Waals surface area contributed by atoms with Crippen molar-refractivity contribution in [3.63, 3.8) is 0 Å². The first kappa shape index (κ1) is 11.9. The molecule has 0 radical (unpaired) electrons. The molecule has 0 amide bonds. The molecule has 0 heterocycles. The van der Waals surface area contributed by atoms with Crippen LogP contribution >= 0.6 is 0 Å². The van der Waals surface area contributed by atoms with E-state index in [1.54, 1.807) is 6.08 Å². The van der Waals surface area contributed by atoms with E-state index in [1.165, 1.54) is 0 Å². The van der Waals surface area contributed by atoms with E-state index in [1.807, 2.05) is 0 Å². The quantitative estimate of drug-likeness (QED) is 0.186. The molecule has 0 saturated heterocycles. The van der Waals surface area contributed by atoms with Gasteiger partial charge in [0.05, 0.1) is 19.8 Å². The van der Waals surface area contributed by atoms with Crippen LogP contribution in [0.2, 0.25) is 0 Å². The van der Waals surface area contributed by atoms with E-state index in [2.05, 4.69) is 17.9 Å². The zero-order chi connectivity index (χ0) is 9.94. The van der Waals surface area contributed by atoms with Gasteiger partial charge in [0.15, 0.2) is 6.79 Å². The molecule has 0 N–H and O–H groups in total. The van der Waals surface area contributed by atoms with Crippen molar-refractivity contribution in [1.29, 1.82) is 0 Å². The second-order valence-corrected chi connectivity index (χ2v) is 2.06.